The summed E-state index contributed by atoms with van der Waals surface area (Å²) in [6.07, 6.45) is 0. The monoisotopic (exact) mass is 483 g/mol. The fourth-order valence-electron chi connectivity index (χ4n) is 2.07. The first-order chi connectivity index (χ1) is 11.1. The van der Waals surface area contributed by atoms with Gasteiger partial charge >= 0.3 is 0 Å². The van der Waals surface area contributed by atoms with Gasteiger partial charge in [-0.3, -0.25) is 4.99 Å². The quantitative estimate of drug-likeness (QED) is 0.383. The van der Waals surface area contributed by atoms with E-state index in [4.69, 9.17) is 4.74 Å². The molecule has 0 spiro atoms. The number of sulfone groups is 1. The Morgan fingerprint density at radius 2 is 1.80 bits per heavy atom. The number of benzene rings is 1. The fraction of sp³-hybridized carbons (Fsp3) is 0.588. The maximum absolute atomic E-state index is 12.1. The summed E-state index contributed by atoms with van der Waals surface area (Å²) in [6.45, 7) is 6.14. The summed E-state index contributed by atoms with van der Waals surface area (Å²) in [5.74, 6) is 1.55. The van der Waals surface area contributed by atoms with Crippen LogP contribution in [-0.2, 0) is 16.4 Å². The van der Waals surface area contributed by atoms with Crippen molar-refractivity contribution >= 4 is 39.8 Å². The topological polar surface area (TPSA) is 71.0 Å². The van der Waals surface area contributed by atoms with E-state index in [0.717, 1.165) is 11.3 Å². The number of aliphatic imine (C=N–C) groups is 1. The lowest BCUT2D eigenvalue weighted by atomic mass is 10.2. The van der Waals surface area contributed by atoms with E-state index in [1.165, 1.54) is 0 Å². The van der Waals surface area contributed by atoms with Crippen molar-refractivity contribution in [2.24, 2.45) is 4.99 Å². The van der Waals surface area contributed by atoms with Crippen molar-refractivity contribution in [1.29, 1.82) is 0 Å². The average Bonchev–Trinajstić information content (AvgIpc) is 2.51. The van der Waals surface area contributed by atoms with Gasteiger partial charge in [0.1, 0.15) is 5.75 Å². The van der Waals surface area contributed by atoms with E-state index >= 15 is 0 Å². The molecule has 25 heavy (non-hydrogen) atoms. The SMILES string of the molecule is CN=C(NCCS(=O)(=O)C(C)(C)C)N(C)Cc1ccc(OC)cc1.I. The number of rotatable bonds is 6. The van der Waals surface area contributed by atoms with Crippen molar-refractivity contribution in [2.75, 3.05) is 33.5 Å². The number of hydrogen-bond donors (Lipinski definition) is 1. The molecule has 0 amide bonds. The van der Waals surface area contributed by atoms with Gasteiger partial charge in [-0.15, -0.1) is 24.0 Å². The lowest BCUT2D eigenvalue weighted by Crippen LogP contribution is -2.42. The molecule has 0 unspecified atom stereocenters. The van der Waals surface area contributed by atoms with E-state index in [-0.39, 0.29) is 29.7 Å². The number of guanidine groups is 1. The van der Waals surface area contributed by atoms with Gasteiger partial charge in [0, 0.05) is 27.2 Å². The highest BCUT2D eigenvalue weighted by Crippen LogP contribution is 2.15. The predicted octanol–water partition coefficient (Wildman–Crippen LogP) is 2.53. The molecule has 0 radical (unpaired) electrons. The number of halogens is 1. The highest BCUT2D eigenvalue weighted by atomic mass is 127. The van der Waals surface area contributed by atoms with E-state index in [0.29, 0.717) is 19.0 Å². The molecule has 6 nitrogen and oxygen atoms in total. The maximum atomic E-state index is 12.1. The highest BCUT2D eigenvalue weighted by molar-refractivity contribution is 14.0. The molecule has 1 rings (SSSR count). The molecule has 8 heteroatoms. The summed E-state index contributed by atoms with van der Waals surface area (Å²) >= 11 is 0. The summed E-state index contributed by atoms with van der Waals surface area (Å²) < 4.78 is 28.7. The third kappa shape index (κ3) is 7.39. The molecule has 0 saturated heterocycles. The summed E-state index contributed by atoms with van der Waals surface area (Å²) in [7, 11) is 2.09. The normalized spacial score (nSPS) is 12.3. The molecule has 144 valence electrons. The van der Waals surface area contributed by atoms with Gasteiger partial charge in [0.25, 0.3) is 0 Å². The van der Waals surface area contributed by atoms with E-state index in [9.17, 15) is 8.42 Å². The number of nitrogens with one attached hydrogen (secondary N) is 1. The Morgan fingerprint density at radius 3 is 2.24 bits per heavy atom. The Kier molecular flexibility index (Phi) is 9.78. The molecular weight excluding hydrogens is 453 g/mol. The van der Waals surface area contributed by atoms with Crippen LogP contribution in [0.2, 0.25) is 0 Å². The molecule has 0 aromatic heterocycles. The zero-order chi connectivity index (χ0) is 18.4. The molecule has 0 saturated carbocycles. The van der Waals surface area contributed by atoms with Crippen molar-refractivity contribution in [2.45, 2.75) is 32.1 Å². The maximum Gasteiger partial charge on any atom is 0.193 e. The second-order valence-corrected chi connectivity index (χ2v) is 9.47. The first-order valence-electron chi connectivity index (χ1n) is 7.87. The molecule has 1 N–H and O–H groups in total. The standard InChI is InChI=1S/C17H29N3O3S.HI/c1-17(2,3)24(21,22)12-11-19-16(18-4)20(5)13-14-7-9-15(23-6)10-8-14;/h7-10H,11-13H2,1-6H3,(H,18,19);1H. The predicted molar refractivity (Wildman–Crippen MR) is 115 cm³/mol. The molecular formula is C17H30IN3O3S. The molecule has 1 aromatic carbocycles. The van der Waals surface area contributed by atoms with Gasteiger partial charge in [0.15, 0.2) is 15.8 Å². The first kappa shape index (κ1) is 24.0. The zero-order valence-electron chi connectivity index (χ0n) is 15.9. The van der Waals surface area contributed by atoms with Gasteiger partial charge in [-0.05, 0) is 38.5 Å². The summed E-state index contributed by atoms with van der Waals surface area (Å²) in [6, 6.07) is 7.81. The Balaban J connectivity index is 0.00000576. The van der Waals surface area contributed by atoms with Crippen LogP contribution >= 0.6 is 24.0 Å². The zero-order valence-corrected chi connectivity index (χ0v) is 19.0. The average molecular weight is 483 g/mol. The number of ether oxygens (including phenoxy) is 1. The summed E-state index contributed by atoms with van der Waals surface area (Å²) in [4.78, 5) is 6.16. The molecule has 0 heterocycles. The minimum absolute atomic E-state index is 0. The fourth-order valence-corrected chi connectivity index (χ4v) is 3.05. The van der Waals surface area contributed by atoms with E-state index < -0.39 is 14.6 Å². The number of hydrogen-bond acceptors (Lipinski definition) is 4. The van der Waals surface area contributed by atoms with Gasteiger partial charge in [0.05, 0.1) is 17.6 Å². The minimum atomic E-state index is -3.14. The number of methoxy groups -OCH3 is 1. The van der Waals surface area contributed by atoms with Crippen molar-refractivity contribution in [3.8, 4) is 5.75 Å². The van der Waals surface area contributed by atoms with Crippen LogP contribution in [0.5, 0.6) is 5.75 Å². The van der Waals surface area contributed by atoms with Crippen molar-refractivity contribution in [3.63, 3.8) is 0 Å². The van der Waals surface area contributed by atoms with Gasteiger partial charge < -0.3 is 15.0 Å². The summed E-state index contributed by atoms with van der Waals surface area (Å²) in [5, 5.41) is 3.11. The molecule has 0 bridgehead atoms. The molecule has 0 fully saturated rings. The second kappa shape index (κ2) is 10.2. The van der Waals surface area contributed by atoms with Crippen LogP contribution in [-0.4, -0.2) is 57.5 Å². The van der Waals surface area contributed by atoms with Crippen molar-refractivity contribution in [3.05, 3.63) is 29.8 Å². The van der Waals surface area contributed by atoms with Crippen LogP contribution < -0.4 is 10.1 Å². The highest BCUT2D eigenvalue weighted by Gasteiger charge is 2.28. The van der Waals surface area contributed by atoms with Crippen LogP contribution in [0.15, 0.2) is 29.3 Å². The largest absolute Gasteiger partial charge is 0.497 e. The van der Waals surface area contributed by atoms with Crippen molar-refractivity contribution < 1.29 is 13.2 Å². The van der Waals surface area contributed by atoms with Crippen LogP contribution in [0.3, 0.4) is 0 Å². The van der Waals surface area contributed by atoms with Gasteiger partial charge in [-0.25, -0.2) is 8.42 Å². The number of nitrogens with zero attached hydrogens (tertiary/aromatic N) is 2. The van der Waals surface area contributed by atoms with Crippen LogP contribution in [0.4, 0.5) is 0 Å². The van der Waals surface area contributed by atoms with E-state index in [1.807, 2.05) is 36.2 Å². The van der Waals surface area contributed by atoms with Crippen LogP contribution in [0, 0.1) is 0 Å². The van der Waals surface area contributed by atoms with Crippen LogP contribution in [0.1, 0.15) is 26.3 Å². The second-order valence-electron chi connectivity index (χ2n) is 6.61. The molecule has 1 aromatic rings. The molecule has 0 aliphatic carbocycles. The Morgan fingerprint density at radius 1 is 1.24 bits per heavy atom. The van der Waals surface area contributed by atoms with Gasteiger partial charge in [0.2, 0.25) is 0 Å². The lowest BCUT2D eigenvalue weighted by Gasteiger charge is -2.23. The van der Waals surface area contributed by atoms with Gasteiger partial charge in [-0.1, -0.05) is 12.1 Å². The minimum Gasteiger partial charge on any atom is -0.497 e. The van der Waals surface area contributed by atoms with Crippen LogP contribution in [0.25, 0.3) is 0 Å². The Hall–Kier alpha value is -1.03. The lowest BCUT2D eigenvalue weighted by molar-refractivity contribution is 0.414. The smallest absolute Gasteiger partial charge is 0.193 e. The molecule has 0 aliphatic rings. The van der Waals surface area contributed by atoms with Gasteiger partial charge in [-0.2, -0.15) is 0 Å². The molecule has 0 atom stereocenters. The van der Waals surface area contributed by atoms with E-state index in [2.05, 4.69) is 10.3 Å². The first-order valence-corrected chi connectivity index (χ1v) is 9.53. The van der Waals surface area contributed by atoms with Crippen molar-refractivity contribution in [1.82, 2.24) is 10.2 Å². The molecule has 0 aliphatic heterocycles. The van der Waals surface area contributed by atoms with E-state index in [1.54, 1.807) is 34.9 Å². The third-order valence-electron chi connectivity index (χ3n) is 3.74. The third-order valence-corrected chi connectivity index (χ3v) is 6.35. The summed E-state index contributed by atoms with van der Waals surface area (Å²) in [5.41, 5.74) is 1.11. The Labute approximate surface area is 169 Å². The Bertz CT molecular complexity index is 653.